The Kier molecular flexibility index (Phi) is 8.11. The number of carbonyl (C=O) groups is 1. The number of carbonyl (C=O) groups excluding carboxylic acids is 1. The maximum absolute atomic E-state index is 12.7. The highest BCUT2D eigenvalue weighted by Crippen LogP contribution is 2.55. The van der Waals surface area contributed by atoms with Gasteiger partial charge in [-0.15, -0.1) is 23.5 Å². The zero-order chi connectivity index (χ0) is 24.3. The molecule has 1 aliphatic heterocycles. The van der Waals surface area contributed by atoms with E-state index in [1.165, 1.54) is 12.0 Å². The fourth-order valence-corrected chi connectivity index (χ4v) is 7.17. The Morgan fingerprint density at radius 2 is 1.79 bits per heavy atom. The Bertz CT molecular complexity index is 921. The number of rotatable bonds is 6. The second-order valence-electron chi connectivity index (χ2n) is 10.9. The zero-order valence-corrected chi connectivity index (χ0v) is 22.5. The van der Waals surface area contributed by atoms with E-state index < -0.39 is 0 Å². The average Bonchev–Trinajstić information content (AvgIpc) is 2.76. The fourth-order valence-electron chi connectivity index (χ4n) is 4.12. The summed E-state index contributed by atoms with van der Waals surface area (Å²) >= 11 is 3.69. The van der Waals surface area contributed by atoms with Crippen LogP contribution in [0.4, 0.5) is 0 Å². The summed E-state index contributed by atoms with van der Waals surface area (Å²) in [5.74, 6) is 1.92. The molecule has 0 aliphatic carbocycles. The lowest BCUT2D eigenvalue weighted by Crippen LogP contribution is -2.30. The molecule has 3 rings (SSSR count). The molecule has 0 radical (unpaired) electrons. The van der Waals surface area contributed by atoms with Gasteiger partial charge < -0.3 is 10.4 Å². The first-order chi connectivity index (χ1) is 15.4. The van der Waals surface area contributed by atoms with Crippen LogP contribution >= 0.6 is 23.5 Å². The predicted molar refractivity (Wildman–Crippen MR) is 142 cm³/mol. The Labute approximate surface area is 207 Å². The van der Waals surface area contributed by atoms with Gasteiger partial charge in [0.1, 0.15) is 5.75 Å². The van der Waals surface area contributed by atoms with Crippen LogP contribution in [0.3, 0.4) is 0 Å². The van der Waals surface area contributed by atoms with Crippen LogP contribution in [0.15, 0.2) is 36.5 Å². The van der Waals surface area contributed by atoms with E-state index in [2.05, 4.69) is 64.0 Å². The number of pyridine rings is 1. The molecule has 1 fully saturated rings. The lowest BCUT2D eigenvalue weighted by Gasteiger charge is -2.39. The van der Waals surface area contributed by atoms with Crippen LogP contribution in [0.5, 0.6) is 5.75 Å². The number of nitrogens with one attached hydrogen (secondary N) is 1. The summed E-state index contributed by atoms with van der Waals surface area (Å²) in [5.41, 5.74) is 3.70. The number of thioether (sulfide) groups is 2. The summed E-state index contributed by atoms with van der Waals surface area (Å²) in [6.07, 6.45) is 5.11. The normalized spacial score (nSPS) is 19.3. The molecule has 33 heavy (non-hydrogen) atoms. The quantitative estimate of drug-likeness (QED) is 0.488. The summed E-state index contributed by atoms with van der Waals surface area (Å²) in [6, 6.07) is 10.1. The van der Waals surface area contributed by atoms with Crippen molar-refractivity contribution in [2.75, 3.05) is 11.5 Å². The molecule has 1 aromatic carbocycles. The van der Waals surface area contributed by atoms with Crippen LogP contribution in [0.1, 0.15) is 83.2 Å². The monoisotopic (exact) mass is 486 g/mol. The van der Waals surface area contributed by atoms with Crippen LogP contribution in [-0.4, -0.2) is 27.5 Å². The topological polar surface area (TPSA) is 62.2 Å². The molecule has 2 N–H and O–H groups in total. The Hall–Kier alpha value is -1.66. The van der Waals surface area contributed by atoms with Gasteiger partial charge in [0.15, 0.2) is 0 Å². The number of nitrogens with zero attached hydrogens (tertiary/aromatic N) is 1. The van der Waals surface area contributed by atoms with Crippen molar-refractivity contribution in [2.45, 2.75) is 82.3 Å². The van der Waals surface area contributed by atoms with E-state index in [1.807, 2.05) is 30.0 Å². The lowest BCUT2D eigenvalue weighted by atomic mass is 9.78. The van der Waals surface area contributed by atoms with Crippen LogP contribution in [-0.2, 0) is 26.2 Å². The van der Waals surface area contributed by atoms with Crippen molar-refractivity contribution in [3.05, 3.63) is 58.9 Å². The Balaban J connectivity index is 1.89. The van der Waals surface area contributed by atoms with Gasteiger partial charge in [0.05, 0.1) is 22.1 Å². The van der Waals surface area contributed by atoms with Gasteiger partial charge in [-0.1, -0.05) is 54.0 Å². The van der Waals surface area contributed by atoms with Crippen molar-refractivity contribution in [3.8, 4) is 5.75 Å². The number of aromatic hydroxyl groups is 1. The standard InChI is InChI=1S/C27H38N2O2S2/c1-25(2,3)21-15-19(16-22(24(21)31)26(4,5)6)27(12-8-10-14-32-27)33-18-23(30)29-17-20-11-7-9-13-28-20/h7,9,11,13,15-16,31H,8,10,12,14,17-18H2,1-6H3,(H,29,30). The van der Waals surface area contributed by atoms with E-state index in [0.29, 0.717) is 18.0 Å². The highest BCUT2D eigenvalue weighted by Gasteiger charge is 2.38. The smallest absolute Gasteiger partial charge is 0.230 e. The first kappa shape index (κ1) is 26.0. The first-order valence-corrected chi connectivity index (χ1v) is 13.7. The summed E-state index contributed by atoms with van der Waals surface area (Å²) in [6.45, 7) is 13.3. The molecule has 1 unspecified atom stereocenters. The molecule has 0 saturated carbocycles. The molecule has 1 atom stereocenters. The van der Waals surface area contributed by atoms with Crippen molar-refractivity contribution >= 4 is 29.4 Å². The number of hydrogen-bond acceptors (Lipinski definition) is 5. The third-order valence-corrected chi connectivity index (χ3v) is 9.45. The average molecular weight is 487 g/mol. The molecule has 1 aliphatic rings. The third kappa shape index (κ3) is 6.48. The molecule has 1 saturated heterocycles. The molecule has 1 aromatic heterocycles. The van der Waals surface area contributed by atoms with Crippen LogP contribution in [0, 0.1) is 0 Å². The molecule has 4 nitrogen and oxygen atoms in total. The number of phenols is 1. The summed E-state index contributed by atoms with van der Waals surface area (Å²) < 4.78 is -0.186. The van der Waals surface area contributed by atoms with E-state index in [-0.39, 0.29) is 20.8 Å². The zero-order valence-electron chi connectivity index (χ0n) is 20.8. The molecule has 0 spiro atoms. The molecule has 0 bridgehead atoms. The minimum absolute atomic E-state index is 0.0297. The number of amides is 1. The van der Waals surface area contributed by atoms with Crippen LogP contribution < -0.4 is 5.32 Å². The van der Waals surface area contributed by atoms with Crippen molar-refractivity contribution < 1.29 is 9.90 Å². The Morgan fingerprint density at radius 1 is 1.12 bits per heavy atom. The van der Waals surface area contributed by atoms with E-state index >= 15 is 0 Å². The van der Waals surface area contributed by atoms with E-state index in [4.69, 9.17) is 0 Å². The summed E-state index contributed by atoms with van der Waals surface area (Å²) in [4.78, 5) is 17.0. The van der Waals surface area contributed by atoms with E-state index in [9.17, 15) is 9.90 Å². The maximum atomic E-state index is 12.7. The van der Waals surface area contributed by atoms with E-state index in [0.717, 1.165) is 35.4 Å². The number of aromatic nitrogens is 1. The summed E-state index contributed by atoms with van der Waals surface area (Å²) in [5, 5.41) is 14.2. The van der Waals surface area contributed by atoms with Crippen molar-refractivity contribution in [1.82, 2.24) is 10.3 Å². The molecule has 2 aromatic rings. The minimum atomic E-state index is -0.186. The molecular weight excluding hydrogens is 448 g/mol. The predicted octanol–water partition coefficient (Wildman–Crippen LogP) is 6.50. The van der Waals surface area contributed by atoms with Gasteiger partial charge in [0.2, 0.25) is 5.91 Å². The van der Waals surface area contributed by atoms with E-state index in [1.54, 1.807) is 18.0 Å². The largest absolute Gasteiger partial charge is 0.507 e. The molecule has 1 amide bonds. The molecular formula is C27H38N2O2S2. The minimum Gasteiger partial charge on any atom is -0.507 e. The molecule has 2 heterocycles. The molecule has 6 heteroatoms. The fraction of sp³-hybridized carbons (Fsp3) is 0.556. The molecule has 180 valence electrons. The van der Waals surface area contributed by atoms with Gasteiger partial charge in [-0.05, 0) is 70.4 Å². The third-order valence-electron chi connectivity index (χ3n) is 6.03. The van der Waals surface area contributed by atoms with Crippen LogP contribution in [0.25, 0.3) is 0 Å². The van der Waals surface area contributed by atoms with Gasteiger partial charge >= 0.3 is 0 Å². The van der Waals surface area contributed by atoms with Gasteiger partial charge in [-0.3, -0.25) is 9.78 Å². The van der Waals surface area contributed by atoms with Gasteiger partial charge in [0, 0.05) is 6.20 Å². The Morgan fingerprint density at radius 3 is 2.30 bits per heavy atom. The van der Waals surface area contributed by atoms with Gasteiger partial charge in [0.25, 0.3) is 0 Å². The van der Waals surface area contributed by atoms with Crippen molar-refractivity contribution in [3.63, 3.8) is 0 Å². The van der Waals surface area contributed by atoms with Crippen molar-refractivity contribution in [2.24, 2.45) is 0 Å². The highest BCUT2D eigenvalue weighted by molar-refractivity contribution is 8.17. The van der Waals surface area contributed by atoms with Crippen LogP contribution in [0.2, 0.25) is 0 Å². The SMILES string of the molecule is CC(C)(C)c1cc(C2(SCC(=O)NCc3ccccn3)CCCCS2)cc(C(C)(C)C)c1O. The van der Waals surface area contributed by atoms with Crippen molar-refractivity contribution in [1.29, 1.82) is 0 Å². The van der Waals surface area contributed by atoms with Gasteiger partial charge in [-0.2, -0.15) is 0 Å². The lowest BCUT2D eigenvalue weighted by molar-refractivity contribution is -0.118. The number of hydrogen-bond donors (Lipinski definition) is 2. The summed E-state index contributed by atoms with van der Waals surface area (Å²) in [7, 11) is 0. The number of phenolic OH excluding ortho intramolecular Hbond substituents is 1. The second-order valence-corrected chi connectivity index (χ2v) is 13.8. The maximum Gasteiger partial charge on any atom is 0.230 e. The highest BCUT2D eigenvalue weighted by atomic mass is 32.2. The first-order valence-electron chi connectivity index (χ1n) is 11.8. The number of benzene rings is 1. The van der Waals surface area contributed by atoms with Gasteiger partial charge in [-0.25, -0.2) is 0 Å². The second kappa shape index (κ2) is 10.3.